The molecule has 5 heteroatoms. The van der Waals surface area contributed by atoms with Gasteiger partial charge in [-0.05, 0) is 49.1 Å². The Labute approximate surface area is 138 Å². The third-order valence-corrected chi connectivity index (χ3v) is 5.72. The number of hydrogen-bond donors (Lipinski definition) is 1. The lowest BCUT2D eigenvalue weighted by molar-refractivity contribution is 0.410. The van der Waals surface area contributed by atoms with Crippen LogP contribution in [0.4, 0.5) is 0 Å². The molecule has 0 heterocycles. The van der Waals surface area contributed by atoms with Crippen LogP contribution in [0.5, 0.6) is 5.75 Å². The van der Waals surface area contributed by atoms with Crippen molar-refractivity contribution in [1.29, 1.82) is 0 Å². The smallest absolute Gasteiger partial charge is 0.241 e. The van der Waals surface area contributed by atoms with E-state index in [9.17, 15) is 8.42 Å². The van der Waals surface area contributed by atoms with Gasteiger partial charge in [0.05, 0.1) is 12.0 Å². The van der Waals surface area contributed by atoms with Crippen molar-refractivity contribution in [1.82, 2.24) is 4.72 Å². The van der Waals surface area contributed by atoms with E-state index < -0.39 is 10.0 Å². The average molecular weight is 333 g/mol. The van der Waals surface area contributed by atoms with Crippen LogP contribution in [0.3, 0.4) is 0 Å². The van der Waals surface area contributed by atoms with Crippen LogP contribution in [0.2, 0.25) is 0 Å². The van der Waals surface area contributed by atoms with Crippen LogP contribution in [0.1, 0.15) is 36.1 Å². The van der Waals surface area contributed by atoms with Gasteiger partial charge in [-0.3, -0.25) is 0 Å². The number of ether oxygens (including phenoxy) is 1. The molecule has 1 unspecified atom stereocenters. The number of benzene rings is 2. The van der Waals surface area contributed by atoms with E-state index in [0.29, 0.717) is 22.6 Å². The van der Waals surface area contributed by atoms with Crippen LogP contribution in [0, 0.1) is 13.8 Å². The predicted molar refractivity (Wildman–Crippen MR) is 92.3 cm³/mol. The molecule has 124 valence electrons. The lowest BCUT2D eigenvalue weighted by atomic mass is 10.1. The summed E-state index contributed by atoms with van der Waals surface area (Å²) in [7, 11) is -2.02. The van der Waals surface area contributed by atoms with Gasteiger partial charge in [0.1, 0.15) is 5.75 Å². The predicted octanol–water partition coefficient (Wildman–Crippen LogP) is 3.74. The lowest BCUT2D eigenvalue weighted by Crippen LogP contribution is -2.29. The number of sulfonamides is 1. The molecule has 0 aliphatic rings. The standard InChI is InChI=1S/C18H23NO3S/c1-5-16(15-9-7-6-8-10-15)19-23(20,21)18-12-11-17(22-4)13(2)14(18)3/h6-12,16,19H,5H2,1-4H3. The molecule has 0 spiro atoms. The molecular formula is C18H23NO3S. The van der Waals surface area contributed by atoms with Crippen molar-refractivity contribution in [2.75, 3.05) is 7.11 Å². The molecule has 0 aliphatic heterocycles. The minimum atomic E-state index is -3.60. The van der Waals surface area contributed by atoms with E-state index in [-0.39, 0.29) is 6.04 Å². The highest BCUT2D eigenvalue weighted by Crippen LogP contribution is 2.28. The fraction of sp³-hybridized carbons (Fsp3) is 0.333. The Balaban J connectivity index is 2.37. The Kier molecular flexibility index (Phi) is 5.44. The quantitative estimate of drug-likeness (QED) is 0.876. The van der Waals surface area contributed by atoms with Crippen molar-refractivity contribution >= 4 is 10.0 Å². The van der Waals surface area contributed by atoms with Crippen molar-refractivity contribution < 1.29 is 13.2 Å². The summed E-state index contributed by atoms with van der Waals surface area (Å²) in [5.74, 6) is 0.691. The van der Waals surface area contributed by atoms with E-state index in [4.69, 9.17) is 4.74 Å². The summed E-state index contributed by atoms with van der Waals surface area (Å²) in [5, 5.41) is 0. The second-order valence-electron chi connectivity index (χ2n) is 5.51. The molecule has 2 aromatic carbocycles. The van der Waals surface area contributed by atoms with E-state index in [2.05, 4.69) is 4.72 Å². The summed E-state index contributed by atoms with van der Waals surface area (Å²) in [6.45, 7) is 5.63. The van der Waals surface area contributed by atoms with Gasteiger partial charge in [-0.2, -0.15) is 0 Å². The minimum Gasteiger partial charge on any atom is -0.496 e. The highest BCUT2D eigenvalue weighted by Gasteiger charge is 2.23. The van der Waals surface area contributed by atoms with Gasteiger partial charge >= 0.3 is 0 Å². The van der Waals surface area contributed by atoms with Gasteiger partial charge in [0.2, 0.25) is 10.0 Å². The lowest BCUT2D eigenvalue weighted by Gasteiger charge is -2.19. The SMILES string of the molecule is CCC(NS(=O)(=O)c1ccc(OC)c(C)c1C)c1ccccc1. The first-order valence-electron chi connectivity index (χ1n) is 7.62. The van der Waals surface area contributed by atoms with Gasteiger partial charge < -0.3 is 4.74 Å². The number of methoxy groups -OCH3 is 1. The van der Waals surface area contributed by atoms with Crippen LogP contribution in [-0.4, -0.2) is 15.5 Å². The van der Waals surface area contributed by atoms with Gasteiger partial charge in [-0.25, -0.2) is 13.1 Å². The van der Waals surface area contributed by atoms with Crippen molar-refractivity contribution in [3.8, 4) is 5.75 Å². The Bertz CT molecular complexity index is 770. The van der Waals surface area contributed by atoms with Crippen molar-refractivity contribution in [3.05, 3.63) is 59.2 Å². The maximum Gasteiger partial charge on any atom is 0.241 e. The van der Waals surface area contributed by atoms with E-state index >= 15 is 0 Å². The van der Waals surface area contributed by atoms with Crippen LogP contribution >= 0.6 is 0 Å². The molecule has 0 saturated heterocycles. The molecule has 0 aliphatic carbocycles. The average Bonchev–Trinajstić information content (AvgIpc) is 2.55. The first-order chi connectivity index (χ1) is 10.9. The second kappa shape index (κ2) is 7.15. The highest BCUT2D eigenvalue weighted by atomic mass is 32.2. The van der Waals surface area contributed by atoms with E-state index in [1.165, 1.54) is 0 Å². The first-order valence-corrected chi connectivity index (χ1v) is 9.10. The summed E-state index contributed by atoms with van der Waals surface area (Å²) in [4.78, 5) is 0.296. The summed E-state index contributed by atoms with van der Waals surface area (Å²) >= 11 is 0. The molecule has 2 rings (SSSR count). The van der Waals surface area contributed by atoms with Crippen molar-refractivity contribution in [2.24, 2.45) is 0 Å². The Morgan fingerprint density at radius 2 is 1.70 bits per heavy atom. The van der Waals surface area contributed by atoms with Gasteiger partial charge in [0.25, 0.3) is 0 Å². The molecule has 23 heavy (non-hydrogen) atoms. The van der Waals surface area contributed by atoms with Gasteiger partial charge in [0.15, 0.2) is 0 Å². The monoisotopic (exact) mass is 333 g/mol. The van der Waals surface area contributed by atoms with E-state index in [1.807, 2.05) is 44.2 Å². The molecule has 0 bridgehead atoms. The van der Waals surface area contributed by atoms with Crippen molar-refractivity contribution in [3.63, 3.8) is 0 Å². The second-order valence-corrected chi connectivity index (χ2v) is 7.19. The Morgan fingerprint density at radius 3 is 2.26 bits per heavy atom. The highest BCUT2D eigenvalue weighted by molar-refractivity contribution is 7.89. The molecular weight excluding hydrogens is 310 g/mol. The molecule has 1 N–H and O–H groups in total. The fourth-order valence-electron chi connectivity index (χ4n) is 2.61. The topological polar surface area (TPSA) is 55.4 Å². The molecule has 4 nitrogen and oxygen atoms in total. The molecule has 1 atom stereocenters. The Hall–Kier alpha value is -1.85. The summed E-state index contributed by atoms with van der Waals surface area (Å²) in [6, 6.07) is 12.7. The van der Waals surface area contributed by atoms with Gasteiger partial charge in [0, 0.05) is 6.04 Å². The molecule has 0 radical (unpaired) electrons. The summed E-state index contributed by atoms with van der Waals surface area (Å²) in [6.07, 6.45) is 0.678. The maximum absolute atomic E-state index is 12.8. The van der Waals surface area contributed by atoms with Gasteiger partial charge in [-0.15, -0.1) is 0 Å². The van der Waals surface area contributed by atoms with Crippen LogP contribution in [0.25, 0.3) is 0 Å². The molecule has 2 aromatic rings. The van der Waals surface area contributed by atoms with Gasteiger partial charge in [-0.1, -0.05) is 37.3 Å². The zero-order valence-corrected chi connectivity index (χ0v) is 14.8. The molecule has 0 amide bonds. The zero-order chi connectivity index (χ0) is 17.0. The van der Waals surface area contributed by atoms with E-state index in [0.717, 1.165) is 11.1 Å². The fourth-order valence-corrected chi connectivity index (χ4v) is 4.21. The normalized spacial score (nSPS) is 12.9. The Morgan fingerprint density at radius 1 is 1.04 bits per heavy atom. The minimum absolute atomic E-state index is 0.247. The summed E-state index contributed by atoms with van der Waals surface area (Å²) < 4.78 is 33.7. The largest absolute Gasteiger partial charge is 0.496 e. The molecule has 0 aromatic heterocycles. The van der Waals surface area contributed by atoms with Crippen LogP contribution < -0.4 is 9.46 Å². The van der Waals surface area contributed by atoms with Crippen LogP contribution in [-0.2, 0) is 10.0 Å². The first kappa shape index (κ1) is 17.5. The third-order valence-electron chi connectivity index (χ3n) is 4.10. The third kappa shape index (κ3) is 3.74. The molecule has 0 saturated carbocycles. The van der Waals surface area contributed by atoms with E-state index in [1.54, 1.807) is 26.2 Å². The number of rotatable bonds is 6. The van der Waals surface area contributed by atoms with Crippen molar-refractivity contribution in [2.45, 2.75) is 38.1 Å². The zero-order valence-electron chi connectivity index (χ0n) is 14.0. The molecule has 0 fully saturated rings. The van der Waals surface area contributed by atoms with Crippen LogP contribution in [0.15, 0.2) is 47.4 Å². The number of nitrogens with one attached hydrogen (secondary N) is 1. The summed E-state index contributed by atoms with van der Waals surface area (Å²) in [5.41, 5.74) is 2.50. The maximum atomic E-state index is 12.8. The number of hydrogen-bond acceptors (Lipinski definition) is 3.